The van der Waals surface area contributed by atoms with Gasteiger partial charge in [0.2, 0.25) is 0 Å². The average Bonchev–Trinajstić information content (AvgIpc) is 2.89. The molecule has 1 amide bonds. The minimum atomic E-state index is -4.06. The largest absolute Gasteiger partial charge is 0.504 e. The molecule has 0 heterocycles. The van der Waals surface area contributed by atoms with E-state index in [1.807, 2.05) is 0 Å². The zero-order chi connectivity index (χ0) is 27.3. The Morgan fingerprint density at radius 3 is 2.32 bits per heavy atom. The lowest BCUT2D eigenvalue weighted by Crippen LogP contribution is -2.27. The first-order chi connectivity index (χ1) is 18.1. The molecular formula is C27H22Cl2N2O6S. The summed E-state index contributed by atoms with van der Waals surface area (Å²) in [5.41, 5.74) is 0.772. The Labute approximate surface area is 229 Å². The number of halogens is 2. The van der Waals surface area contributed by atoms with Crippen LogP contribution < -0.4 is 14.8 Å². The number of rotatable bonds is 9. The average molecular weight is 573 g/mol. The van der Waals surface area contributed by atoms with Gasteiger partial charge in [0.25, 0.3) is 15.9 Å². The smallest absolute Gasteiger partial charge is 0.261 e. The third-order valence-corrected chi connectivity index (χ3v) is 7.34. The first kappa shape index (κ1) is 27.1. The highest BCUT2D eigenvalue weighted by Gasteiger charge is 2.20. The summed E-state index contributed by atoms with van der Waals surface area (Å²) in [5.74, 6) is -0.218. The maximum Gasteiger partial charge on any atom is 0.261 e. The van der Waals surface area contributed by atoms with Gasteiger partial charge in [-0.25, -0.2) is 8.42 Å². The van der Waals surface area contributed by atoms with Crippen molar-refractivity contribution < 1.29 is 28.2 Å². The van der Waals surface area contributed by atoms with Crippen molar-refractivity contribution in [2.45, 2.75) is 11.3 Å². The number of carbonyl (C=O) groups is 1. The van der Waals surface area contributed by atoms with Crippen LogP contribution in [-0.2, 0) is 16.4 Å². The van der Waals surface area contributed by atoms with Crippen molar-refractivity contribution in [3.63, 3.8) is 0 Å². The van der Waals surface area contributed by atoms with Crippen LogP contribution >= 0.6 is 23.2 Å². The molecule has 11 heteroatoms. The highest BCUT2D eigenvalue weighted by atomic mass is 35.5. The van der Waals surface area contributed by atoms with Crippen molar-refractivity contribution in [1.29, 1.82) is 0 Å². The number of nitrogens with one attached hydrogen (secondary N) is 2. The van der Waals surface area contributed by atoms with Crippen molar-refractivity contribution in [1.82, 2.24) is 5.32 Å². The molecule has 4 aromatic rings. The summed E-state index contributed by atoms with van der Waals surface area (Å²) in [5, 5.41) is 22.4. The van der Waals surface area contributed by atoms with E-state index in [0.717, 1.165) is 0 Å². The zero-order valence-corrected chi connectivity index (χ0v) is 22.0. The number of aromatic hydroxyl groups is 2. The Morgan fingerprint density at radius 2 is 1.61 bits per heavy atom. The van der Waals surface area contributed by atoms with E-state index < -0.39 is 15.9 Å². The van der Waals surface area contributed by atoms with E-state index in [2.05, 4.69) is 10.0 Å². The van der Waals surface area contributed by atoms with Gasteiger partial charge in [-0.2, -0.15) is 0 Å². The second-order valence-corrected chi connectivity index (χ2v) is 10.7. The Morgan fingerprint density at radius 1 is 0.868 bits per heavy atom. The number of ether oxygens (including phenoxy) is 1. The van der Waals surface area contributed by atoms with Crippen molar-refractivity contribution in [2.24, 2.45) is 0 Å². The van der Waals surface area contributed by atoms with Gasteiger partial charge >= 0.3 is 0 Å². The van der Waals surface area contributed by atoms with E-state index >= 15 is 0 Å². The molecule has 0 saturated carbocycles. The molecular weight excluding hydrogens is 551 g/mol. The number of hydrogen-bond donors (Lipinski definition) is 4. The molecule has 0 radical (unpaired) electrons. The Hall–Kier alpha value is -3.92. The summed E-state index contributed by atoms with van der Waals surface area (Å²) in [7, 11) is -4.06. The summed E-state index contributed by atoms with van der Waals surface area (Å²) >= 11 is 12.2. The summed E-state index contributed by atoms with van der Waals surface area (Å²) in [6.45, 7) is 0.189. The van der Waals surface area contributed by atoms with E-state index in [-0.39, 0.29) is 39.2 Å². The summed E-state index contributed by atoms with van der Waals surface area (Å²) in [6, 6.07) is 21.2. The molecule has 0 bridgehead atoms. The van der Waals surface area contributed by atoms with Gasteiger partial charge in [0.15, 0.2) is 11.5 Å². The SMILES string of the molecule is O=C(NCCc1ccc(O)c(O)c1)c1cc(Cl)ccc1NS(=O)(=O)c1ccc(Oc2ccccc2Cl)cc1. The lowest BCUT2D eigenvalue weighted by molar-refractivity contribution is 0.0955. The molecule has 0 saturated heterocycles. The summed E-state index contributed by atoms with van der Waals surface area (Å²) in [6.07, 6.45) is 0.365. The predicted molar refractivity (Wildman–Crippen MR) is 146 cm³/mol. The van der Waals surface area contributed by atoms with E-state index in [1.165, 1.54) is 54.6 Å². The summed E-state index contributed by atoms with van der Waals surface area (Å²) in [4.78, 5) is 12.8. The van der Waals surface area contributed by atoms with E-state index in [1.54, 1.807) is 30.3 Å². The monoisotopic (exact) mass is 572 g/mol. The molecule has 0 aliphatic heterocycles. The molecule has 4 rings (SSSR count). The Bertz CT molecular complexity index is 1580. The third kappa shape index (κ3) is 6.69. The molecule has 8 nitrogen and oxygen atoms in total. The normalized spacial score (nSPS) is 11.1. The molecule has 0 fully saturated rings. The second-order valence-electron chi connectivity index (χ2n) is 8.13. The molecule has 4 aromatic carbocycles. The van der Waals surface area contributed by atoms with Gasteiger partial charge < -0.3 is 20.3 Å². The number of para-hydroxylation sites is 1. The molecule has 0 aliphatic rings. The maximum absolute atomic E-state index is 13.1. The van der Waals surface area contributed by atoms with Crippen molar-refractivity contribution in [2.75, 3.05) is 11.3 Å². The molecule has 0 unspecified atom stereocenters. The number of phenols is 2. The Balaban J connectivity index is 1.46. The number of amides is 1. The first-order valence-corrected chi connectivity index (χ1v) is 13.5. The van der Waals surface area contributed by atoms with Gasteiger partial charge in [-0.15, -0.1) is 0 Å². The first-order valence-electron chi connectivity index (χ1n) is 11.3. The van der Waals surface area contributed by atoms with Crippen LogP contribution in [0.1, 0.15) is 15.9 Å². The molecule has 196 valence electrons. The van der Waals surface area contributed by atoms with Gasteiger partial charge in [-0.1, -0.05) is 41.4 Å². The Kier molecular flexibility index (Phi) is 8.31. The van der Waals surface area contributed by atoms with Gasteiger partial charge in [0.1, 0.15) is 11.5 Å². The molecule has 0 atom stereocenters. The van der Waals surface area contributed by atoms with Crippen LogP contribution in [0.2, 0.25) is 10.0 Å². The third-order valence-electron chi connectivity index (χ3n) is 5.41. The maximum atomic E-state index is 13.1. The predicted octanol–water partition coefficient (Wildman–Crippen LogP) is 5.97. The topological polar surface area (TPSA) is 125 Å². The van der Waals surface area contributed by atoms with Crippen LogP contribution in [0.5, 0.6) is 23.0 Å². The zero-order valence-electron chi connectivity index (χ0n) is 19.7. The lowest BCUT2D eigenvalue weighted by Gasteiger charge is -2.14. The van der Waals surface area contributed by atoms with E-state index in [9.17, 15) is 23.4 Å². The van der Waals surface area contributed by atoms with Gasteiger partial charge in [0.05, 0.1) is 21.2 Å². The summed E-state index contributed by atoms with van der Waals surface area (Å²) < 4.78 is 34.3. The molecule has 0 aromatic heterocycles. The van der Waals surface area contributed by atoms with Crippen molar-refractivity contribution in [3.05, 3.63) is 106 Å². The van der Waals surface area contributed by atoms with Crippen LogP contribution in [0.15, 0.2) is 89.8 Å². The van der Waals surface area contributed by atoms with Gasteiger partial charge in [0, 0.05) is 11.6 Å². The lowest BCUT2D eigenvalue weighted by atomic mass is 10.1. The van der Waals surface area contributed by atoms with E-state index in [4.69, 9.17) is 27.9 Å². The minimum absolute atomic E-state index is 0.0355. The fraction of sp³-hybridized carbons (Fsp3) is 0.0741. The van der Waals surface area contributed by atoms with Crippen molar-refractivity contribution >= 4 is 44.8 Å². The van der Waals surface area contributed by atoms with E-state index in [0.29, 0.717) is 28.5 Å². The fourth-order valence-corrected chi connectivity index (χ4v) is 4.90. The van der Waals surface area contributed by atoms with Crippen LogP contribution in [-0.4, -0.2) is 31.1 Å². The number of benzene rings is 4. The second kappa shape index (κ2) is 11.6. The quantitative estimate of drug-likeness (QED) is 0.183. The number of anilines is 1. The molecule has 38 heavy (non-hydrogen) atoms. The fourth-order valence-electron chi connectivity index (χ4n) is 3.48. The molecule has 0 spiro atoms. The molecule has 4 N–H and O–H groups in total. The van der Waals surface area contributed by atoms with Crippen LogP contribution in [0.25, 0.3) is 0 Å². The van der Waals surface area contributed by atoms with Gasteiger partial charge in [-0.05, 0) is 78.7 Å². The number of phenolic OH excluding ortho intramolecular Hbond substituents is 2. The minimum Gasteiger partial charge on any atom is -0.504 e. The molecule has 0 aliphatic carbocycles. The standard InChI is InChI=1S/C27H22Cl2N2O6S/c28-18-6-11-23(21(16-18)27(34)30-14-13-17-5-12-24(32)25(33)15-17)31-38(35,36)20-9-7-19(8-10-20)37-26-4-2-1-3-22(26)29/h1-12,15-16,31-33H,13-14H2,(H,30,34). The van der Waals surface area contributed by atoms with Crippen molar-refractivity contribution in [3.8, 4) is 23.0 Å². The van der Waals surface area contributed by atoms with Crippen LogP contribution in [0, 0.1) is 0 Å². The number of carbonyl (C=O) groups excluding carboxylic acids is 1. The number of sulfonamides is 1. The highest BCUT2D eigenvalue weighted by molar-refractivity contribution is 7.92. The van der Waals surface area contributed by atoms with Gasteiger partial charge in [-0.3, -0.25) is 9.52 Å². The number of hydrogen-bond acceptors (Lipinski definition) is 6. The van der Waals surface area contributed by atoms with Crippen LogP contribution in [0.3, 0.4) is 0 Å². The highest BCUT2D eigenvalue weighted by Crippen LogP contribution is 2.30. The van der Waals surface area contributed by atoms with Crippen LogP contribution in [0.4, 0.5) is 5.69 Å².